The normalized spacial score (nSPS) is 16.6. The Bertz CT molecular complexity index is 470. The van der Waals surface area contributed by atoms with Crippen molar-refractivity contribution in [3.05, 3.63) is 34.1 Å². The number of carbonyl (C=O) groups excluding carboxylic acids is 1. The number of anilines is 1. The van der Waals surface area contributed by atoms with Crippen molar-refractivity contribution in [1.82, 2.24) is 0 Å². The number of nitro benzene ring substituents is 1. The summed E-state index contributed by atoms with van der Waals surface area (Å²) in [5.41, 5.74) is -0.189. The molecule has 0 amide bonds. The molecular weight excluding hydrogens is 239 g/mol. The smallest absolute Gasteiger partial charge is 0.327 e. The van der Waals surface area contributed by atoms with E-state index >= 15 is 0 Å². The molecule has 0 N–H and O–H groups in total. The number of piperidine rings is 1. The first kappa shape index (κ1) is 12.5. The standard InChI is InChI=1S/C12H13FN2O3/c13-10-2-1-3-11(12(10)15(17)18)14-6-4-9(8-16)5-7-14/h1-3,8-9H,4-7H2. The third-order valence-corrected chi connectivity index (χ3v) is 3.22. The highest BCUT2D eigenvalue weighted by atomic mass is 19.1. The second-order valence-electron chi connectivity index (χ2n) is 4.33. The molecule has 1 aliphatic heterocycles. The van der Waals surface area contributed by atoms with Crippen molar-refractivity contribution >= 4 is 17.7 Å². The average molecular weight is 252 g/mol. The van der Waals surface area contributed by atoms with Crippen LogP contribution in [0.1, 0.15) is 12.8 Å². The van der Waals surface area contributed by atoms with Crippen LogP contribution in [0, 0.1) is 21.8 Å². The fourth-order valence-corrected chi connectivity index (χ4v) is 2.22. The lowest BCUT2D eigenvalue weighted by Gasteiger charge is -2.31. The van der Waals surface area contributed by atoms with Gasteiger partial charge in [0.2, 0.25) is 5.82 Å². The minimum absolute atomic E-state index is 0.00821. The molecule has 0 bridgehead atoms. The van der Waals surface area contributed by atoms with Crippen LogP contribution >= 0.6 is 0 Å². The monoisotopic (exact) mass is 252 g/mol. The van der Waals surface area contributed by atoms with Crippen LogP contribution in [0.5, 0.6) is 0 Å². The van der Waals surface area contributed by atoms with Gasteiger partial charge in [-0.05, 0) is 25.0 Å². The van der Waals surface area contributed by atoms with Gasteiger partial charge < -0.3 is 9.69 Å². The van der Waals surface area contributed by atoms with Crippen LogP contribution in [-0.2, 0) is 4.79 Å². The molecule has 18 heavy (non-hydrogen) atoms. The van der Waals surface area contributed by atoms with E-state index in [-0.39, 0.29) is 5.92 Å². The first-order valence-corrected chi connectivity index (χ1v) is 5.76. The van der Waals surface area contributed by atoms with E-state index < -0.39 is 16.4 Å². The Labute approximate surface area is 103 Å². The van der Waals surface area contributed by atoms with Crippen molar-refractivity contribution in [2.45, 2.75) is 12.8 Å². The molecular formula is C12H13FN2O3. The predicted molar refractivity (Wildman–Crippen MR) is 64.1 cm³/mol. The van der Waals surface area contributed by atoms with Crippen molar-refractivity contribution in [2.24, 2.45) is 5.92 Å². The summed E-state index contributed by atoms with van der Waals surface area (Å²) in [6.45, 7) is 1.07. The highest BCUT2D eigenvalue weighted by Crippen LogP contribution is 2.32. The maximum Gasteiger partial charge on any atom is 0.327 e. The van der Waals surface area contributed by atoms with Crippen LogP contribution in [0.25, 0.3) is 0 Å². The van der Waals surface area contributed by atoms with E-state index in [1.807, 2.05) is 0 Å². The Morgan fingerprint density at radius 2 is 2.06 bits per heavy atom. The first-order chi connectivity index (χ1) is 8.63. The van der Waals surface area contributed by atoms with Gasteiger partial charge in [-0.3, -0.25) is 10.1 Å². The molecule has 1 aromatic carbocycles. The van der Waals surface area contributed by atoms with E-state index in [1.54, 1.807) is 11.0 Å². The van der Waals surface area contributed by atoms with Gasteiger partial charge in [-0.2, -0.15) is 4.39 Å². The maximum absolute atomic E-state index is 13.5. The molecule has 1 aliphatic rings. The molecule has 1 saturated heterocycles. The summed E-state index contributed by atoms with van der Waals surface area (Å²) < 4.78 is 13.5. The number of benzene rings is 1. The number of nitrogens with zero attached hydrogens (tertiary/aromatic N) is 2. The largest absolute Gasteiger partial charge is 0.366 e. The highest BCUT2D eigenvalue weighted by Gasteiger charge is 2.27. The van der Waals surface area contributed by atoms with Gasteiger partial charge in [0.05, 0.1) is 4.92 Å². The summed E-state index contributed by atoms with van der Waals surface area (Å²) in [5.74, 6) is -0.816. The SMILES string of the molecule is O=CC1CCN(c2cccc(F)c2[N+](=O)[O-])CC1. The lowest BCUT2D eigenvalue weighted by atomic mass is 9.98. The number of carbonyl (C=O) groups is 1. The minimum Gasteiger partial charge on any atom is -0.366 e. The number of halogens is 1. The molecule has 0 unspecified atom stereocenters. The molecule has 0 atom stereocenters. The van der Waals surface area contributed by atoms with Crippen molar-refractivity contribution < 1.29 is 14.1 Å². The quantitative estimate of drug-likeness (QED) is 0.469. The van der Waals surface area contributed by atoms with Crippen molar-refractivity contribution in [3.63, 3.8) is 0 Å². The summed E-state index contributed by atoms with van der Waals surface area (Å²) in [6.07, 6.45) is 2.21. The van der Waals surface area contributed by atoms with Crippen LogP contribution in [0.15, 0.2) is 18.2 Å². The molecule has 96 valence electrons. The van der Waals surface area contributed by atoms with Crippen LogP contribution in [-0.4, -0.2) is 24.3 Å². The molecule has 0 saturated carbocycles. The lowest BCUT2D eigenvalue weighted by Crippen LogP contribution is -2.34. The van der Waals surface area contributed by atoms with Gasteiger partial charge in [-0.25, -0.2) is 0 Å². The second kappa shape index (κ2) is 5.12. The lowest BCUT2D eigenvalue weighted by molar-refractivity contribution is -0.386. The van der Waals surface area contributed by atoms with Gasteiger partial charge in [0.25, 0.3) is 0 Å². The molecule has 1 fully saturated rings. The number of hydrogen-bond acceptors (Lipinski definition) is 4. The van der Waals surface area contributed by atoms with Gasteiger partial charge in [0, 0.05) is 19.0 Å². The fourth-order valence-electron chi connectivity index (χ4n) is 2.22. The molecule has 0 aliphatic carbocycles. The molecule has 1 heterocycles. The molecule has 0 radical (unpaired) electrons. The minimum atomic E-state index is -0.824. The number of hydrogen-bond donors (Lipinski definition) is 0. The van der Waals surface area contributed by atoms with Gasteiger partial charge in [-0.15, -0.1) is 0 Å². The summed E-state index contributed by atoms with van der Waals surface area (Å²) in [7, 11) is 0. The molecule has 6 heteroatoms. The van der Waals surface area contributed by atoms with E-state index in [4.69, 9.17) is 0 Å². The van der Waals surface area contributed by atoms with E-state index in [1.165, 1.54) is 6.07 Å². The van der Waals surface area contributed by atoms with Gasteiger partial charge in [-0.1, -0.05) is 6.07 Å². The zero-order valence-electron chi connectivity index (χ0n) is 9.71. The van der Waals surface area contributed by atoms with Crippen LogP contribution in [0.4, 0.5) is 15.8 Å². The number of nitro groups is 1. The van der Waals surface area contributed by atoms with Gasteiger partial charge >= 0.3 is 5.69 Å². The summed E-state index contributed by atoms with van der Waals surface area (Å²) in [4.78, 5) is 22.6. The first-order valence-electron chi connectivity index (χ1n) is 5.76. The third kappa shape index (κ3) is 2.32. The average Bonchev–Trinajstić information content (AvgIpc) is 2.38. The fraction of sp³-hybridized carbons (Fsp3) is 0.417. The van der Waals surface area contributed by atoms with E-state index in [2.05, 4.69) is 0 Å². The van der Waals surface area contributed by atoms with Crippen molar-refractivity contribution in [3.8, 4) is 0 Å². The zero-order chi connectivity index (χ0) is 13.1. The predicted octanol–water partition coefficient (Wildman–Crippen LogP) is 2.15. The Morgan fingerprint density at radius 1 is 1.39 bits per heavy atom. The molecule has 5 nitrogen and oxygen atoms in total. The van der Waals surface area contributed by atoms with Crippen molar-refractivity contribution in [1.29, 1.82) is 0 Å². The zero-order valence-corrected chi connectivity index (χ0v) is 9.71. The summed E-state index contributed by atoms with van der Waals surface area (Å²) in [5, 5.41) is 10.9. The number of para-hydroxylation sites is 1. The van der Waals surface area contributed by atoms with Gasteiger partial charge in [0.1, 0.15) is 12.0 Å². The van der Waals surface area contributed by atoms with Crippen molar-refractivity contribution in [2.75, 3.05) is 18.0 Å². The van der Waals surface area contributed by atoms with E-state index in [0.29, 0.717) is 31.6 Å². The van der Waals surface area contributed by atoms with Crippen LogP contribution in [0.2, 0.25) is 0 Å². The highest BCUT2D eigenvalue weighted by molar-refractivity contribution is 5.64. The van der Waals surface area contributed by atoms with E-state index in [0.717, 1.165) is 12.4 Å². The Hall–Kier alpha value is -1.98. The summed E-state index contributed by atoms with van der Waals surface area (Å²) >= 11 is 0. The molecule has 1 aromatic rings. The molecule has 2 rings (SSSR count). The molecule has 0 aromatic heterocycles. The van der Waals surface area contributed by atoms with Gasteiger partial charge in [0.15, 0.2) is 0 Å². The molecule has 0 spiro atoms. The van der Waals surface area contributed by atoms with Crippen LogP contribution in [0.3, 0.4) is 0 Å². The maximum atomic E-state index is 13.5. The number of rotatable bonds is 3. The third-order valence-electron chi connectivity index (χ3n) is 3.22. The second-order valence-corrected chi connectivity index (χ2v) is 4.33. The van der Waals surface area contributed by atoms with E-state index in [9.17, 15) is 19.3 Å². The topological polar surface area (TPSA) is 63.5 Å². The Morgan fingerprint density at radius 3 is 2.61 bits per heavy atom. The number of aldehydes is 1. The Balaban J connectivity index is 2.26. The Kier molecular flexibility index (Phi) is 3.55. The summed E-state index contributed by atoms with van der Waals surface area (Å²) in [6, 6.07) is 4.09. The van der Waals surface area contributed by atoms with Crippen LogP contribution < -0.4 is 4.90 Å².